The van der Waals surface area contributed by atoms with E-state index in [0.717, 1.165) is 12.8 Å². The topological polar surface area (TPSA) is 0 Å². The zero-order valence-corrected chi connectivity index (χ0v) is 4.83. The van der Waals surface area contributed by atoms with Crippen molar-refractivity contribution in [3.63, 3.8) is 0 Å². The van der Waals surface area contributed by atoms with Gasteiger partial charge in [-0.2, -0.15) is 0 Å². The number of rotatable bonds is 0. The highest BCUT2D eigenvalue weighted by molar-refractivity contribution is 4.18. The normalized spacial score (nSPS) is 6.00. The largest absolute Gasteiger partial charge is 0.0654 e. The molecule has 0 spiro atoms. The first-order chi connectivity index (χ1) is 2.83. The van der Waals surface area contributed by atoms with Crippen LogP contribution >= 0.6 is 0 Å². The number of hydrogen-bond acceptors (Lipinski definition) is 0. The summed E-state index contributed by atoms with van der Waals surface area (Å²) in [6, 6.07) is 0. The van der Waals surface area contributed by atoms with Crippen molar-refractivity contribution < 1.29 is 0 Å². The Kier molecular flexibility index (Phi) is 31.2. The van der Waals surface area contributed by atoms with Gasteiger partial charge >= 0.3 is 0 Å². The lowest BCUT2D eigenvalue weighted by Crippen LogP contribution is -1.29. The Hall–Kier alpha value is 0. The summed E-state index contributed by atoms with van der Waals surface area (Å²) in [5.41, 5.74) is 0. The van der Waals surface area contributed by atoms with E-state index in [1.165, 1.54) is 0 Å². The average molecular weight is 86.2 g/mol. The lowest BCUT2D eigenvalue weighted by molar-refractivity contribution is 1.23. The molecule has 0 heterocycles. The van der Waals surface area contributed by atoms with Crippen LogP contribution in [0, 0.1) is 13.8 Å². The molecule has 38 valence electrons. The molecular formula is C6H14. The Balaban J connectivity index is 0. The molecule has 0 fully saturated rings. The Bertz CT molecular complexity index is 2.00. The average Bonchev–Trinajstić information content (AvgIpc) is 1.39. The van der Waals surface area contributed by atoms with Gasteiger partial charge in [-0.3, -0.25) is 0 Å². The van der Waals surface area contributed by atoms with Gasteiger partial charge in [0.05, 0.1) is 0 Å². The molecule has 0 amide bonds. The first-order valence-electron chi connectivity index (χ1n) is 2.41. The second-order valence-electron chi connectivity index (χ2n) is 1.000. The van der Waals surface area contributed by atoms with Crippen molar-refractivity contribution in [2.24, 2.45) is 0 Å². The molecule has 0 aliphatic carbocycles. The van der Waals surface area contributed by atoms with Crippen molar-refractivity contribution in [1.29, 1.82) is 0 Å². The van der Waals surface area contributed by atoms with Crippen molar-refractivity contribution in [3.8, 4) is 0 Å². The van der Waals surface area contributed by atoms with Gasteiger partial charge in [-0.25, -0.2) is 0 Å². The van der Waals surface area contributed by atoms with E-state index >= 15 is 0 Å². The zero-order valence-electron chi connectivity index (χ0n) is 4.83. The molecule has 0 aromatic rings. The molecule has 0 nitrogen and oxygen atoms in total. The standard InChI is InChI=1S/2C3H7/c2*1-3-2/h2*1,3H2,2H3. The SMILES string of the molecule is [CH2]CC.[CH2]CC. The molecule has 0 heteroatoms. The maximum atomic E-state index is 3.49. The fraction of sp³-hybridized carbons (Fsp3) is 0.667. The summed E-state index contributed by atoms with van der Waals surface area (Å²) >= 11 is 0. The van der Waals surface area contributed by atoms with Gasteiger partial charge in [0, 0.05) is 0 Å². The second-order valence-corrected chi connectivity index (χ2v) is 1.000. The summed E-state index contributed by atoms with van der Waals surface area (Å²) < 4.78 is 0. The number of hydrogen-bond donors (Lipinski definition) is 0. The highest BCUT2D eigenvalue weighted by Gasteiger charge is 1.36. The molecule has 0 aromatic carbocycles. The van der Waals surface area contributed by atoms with E-state index in [1.54, 1.807) is 0 Å². The highest BCUT2D eigenvalue weighted by Crippen LogP contribution is 1.55. The van der Waals surface area contributed by atoms with Gasteiger partial charge in [0.15, 0.2) is 0 Å². The van der Waals surface area contributed by atoms with Gasteiger partial charge in [-0.05, 0) is 0 Å². The van der Waals surface area contributed by atoms with Crippen molar-refractivity contribution in [3.05, 3.63) is 13.8 Å². The summed E-state index contributed by atoms with van der Waals surface area (Å²) in [5.74, 6) is 0. The maximum absolute atomic E-state index is 3.49. The first kappa shape index (κ1) is 9.38. The van der Waals surface area contributed by atoms with Crippen LogP contribution in [0.1, 0.15) is 26.7 Å². The Morgan fingerprint density at radius 2 is 1.00 bits per heavy atom. The van der Waals surface area contributed by atoms with E-state index < -0.39 is 0 Å². The third-order valence-corrected chi connectivity index (χ3v) is 0. The molecule has 0 saturated heterocycles. The molecule has 0 bridgehead atoms. The van der Waals surface area contributed by atoms with E-state index in [9.17, 15) is 0 Å². The molecule has 0 aliphatic heterocycles. The van der Waals surface area contributed by atoms with Gasteiger partial charge in [0.1, 0.15) is 0 Å². The Morgan fingerprint density at radius 3 is 1.00 bits per heavy atom. The summed E-state index contributed by atoms with van der Waals surface area (Å²) in [7, 11) is 0. The minimum absolute atomic E-state index is 1.00. The molecule has 2 radical (unpaired) electrons. The van der Waals surface area contributed by atoms with Crippen LogP contribution in [-0.2, 0) is 0 Å². The van der Waals surface area contributed by atoms with Crippen molar-refractivity contribution in [1.82, 2.24) is 0 Å². The van der Waals surface area contributed by atoms with Gasteiger partial charge in [0.25, 0.3) is 0 Å². The lowest BCUT2D eigenvalue weighted by atomic mass is 10.6. The van der Waals surface area contributed by atoms with Crippen LogP contribution in [0.3, 0.4) is 0 Å². The van der Waals surface area contributed by atoms with Crippen LogP contribution in [0.5, 0.6) is 0 Å². The summed E-state index contributed by atoms with van der Waals surface area (Å²) in [4.78, 5) is 0. The Labute approximate surface area is 41.6 Å². The van der Waals surface area contributed by atoms with Gasteiger partial charge < -0.3 is 0 Å². The Morgan fingerprint density at radius 1 is 1.00 bits per heavy atom. The van der Waals surface area contributed by atoms with Crippen LogP contribution in [0.15, 0.2) is 0 Å². The van der Waals surface area contributed by atoms with Crippen LogP contribution in [0.2, 0.25) is 0 Å². The van der Waals surface area contributed by atoms with Crippen molar-refractivity contribution in [2.45, 2.75) is 26.7 Å². The zero-order chi connectivity index (χ0) is 5.41. The van der Waals surface area contributed by atoms with E-state index in [1.807, 2.05) is 13.8 Å². The fourth-order valence-corrected chi connectivity index (χ4v) is 0. The van der Waals surface area contributed by atoms with Crippen molar-refractivity contribution in [2.75, 3.05) is 0 Å². The minimum atomic E-state index is 1.00. The predicted molar refractivity (Wildman–Crippen MR) is 31.3 cm³/mol. The monoisotopic (exact) mass is 86.1 g/mol. The van der Waals surface area contributed by atoms with Crippen LogP contribution in [0.4, 0.5) is 0 Å². The van der Waals surface area contributed by atoms with Crippen molar-refractivity contribution >= 4 is 0 Å². The molecule has 0 atom stereocenters. The van der Waals surface area contributed by atoms with Crippen LogP contribution in [0.25, 0.3) is 0 Å². The summed E-state index contributed by atoms with van der Waals surface area (Å²) in [5, 5.41) is 0. The molecule has 0 saturated carbocycles. The van der Waals surface area contributed by atoms with Crippen LogP contribution < -0.4 is 0 Å². The third kappa shape index (κ3) is 0. The second kappa shape index (κ2) is 20.0. The highest BCUT2D eigenvalue weighted by atomic mass is 13.4. The van der Waals surface area contributed by atoms with E-state index in [-0.39, 0.29) is 0 Å². The van der Waals surface area contributed by atoms with E-state index in [4.69, 9.17) is 0 Å². The smallest absolute Gasteiger partial charge is 0.0536 e. The van der Waals surface area contributed by atoms with Gasteiger partial charge in [0.2, 0.25) is 0 Å². The van der Waals surface area contributed by atoms with Gasteiger partial charge in [-0.1, -0.05) is 40.5 Å². The fourth-order valence-electron chi connectivity index (χ4n) is 0. The molecule has 0 aromatic heterocycles. The predicted octanol–water partition coefficient (Wildman–Crippen LogP) is 2.46. The molecule has 0 aliphatic rings. The van der Waals surface area contributed by atoms with Crippen LogP contribution in [-0.4, -0.2) is 0 Å². The van der Waals surface area contributed by atoms with E-state index in [0.29, 0.717) is 0 Å². The third-order valence-electron chi connectivity index (χ3n) is 0. The molecule has 0 N–H and O–H groups in total. The summed E-state index contributed by atoms with van der Waals surface area (Å²) in [6.45, 7) is 11.0. The molecule has 0 unspecified atom stereocenters. The molecule has 6 heavy (non-hydrogen) atoms. The quantitative estimate of drug-likeness (QED) is 0.425. The first-order valence-corrected chi connectivity index (χ1v) is 2.41. The molecular weight excluding hydrogens is 72.1 g/mol. The molecule has 0 rings (SSSR count). The minimum Gasteiger partial charge on any atom is -0.0654 e. The lowest BCUT2D eigenvalue weighted by Gasteiger charge is -1.47. The van der Waals surface area contributed by atoms with Gasteiger partial charge in [-0.15, -0.1) is 0 Å². The van der Waals surface area contributed by atoms with E-state index in [2.05, 4.69) is 13.8 Å². The maximum Gasteiger partial charge on any atom is -0.0536 e. The summed E-state index contributed by atoms with van der Waals surface area (Å²) in [6.07, 6.45) is 2.00.